The molecule has 4 unspecified atom stereocenters. The van der Waals surface area contributed by atoms with Crippen molar-refractivity contribution in [3.8, 4) is 0 Å². The Bertz CT molecular complexity index is 712. The third-order valence-corrected chi connectivity index (χ3v) is 6.16. The number of cyclic esters (lactones) is 2. The van der Waals surface area contributed by atoms with E-state index in [9.17, 15) is 19.2 Å². The van der Waals surface area contributed by atoms with E-state index in [0.29, 0.717) is 23.0 Å². The quantitative estimate of drug-likeness (QED) is 0.577. The minimum Gasteiger partial charge on any atom is -0.478 e. The summed E-state index contributed by atoms with van der Waals surface area (Å²) in [5, 5.41) is 17.7. The molecule has 5 rings (SSSR count). The normalized spacial score (nSPS) is 34.2. The number of hydrogen-bond donors (Lipinski definition) is 2. The van der Waals surface area contributed by atoms with Crippen molar-refractivity contribution in [3.05, 3.63) is 22.3 Å². The van der Waals surface area contributed by atoms with E-state index in [1.165, 1.54) is 0 Å². The maximum Gasteiger partial charge on any atom is 0.342 e. The summed E-state index contributed by atoms with van der Waals surface area (Å²) in [5.74, 6) is -2.19. The lowest BCUT2D eigenvalue weighted by molar-refractivity contribution is -0.151. The van der Waals surface area contributed by atoms with Crippen molar-refractivity contribution in [1.29, 1.82) is 0 Å². The number of carbonyl (C=O) groups excluding carboxylic acids is 2. The van der Waals surface area contributed by atoms with Gasteiger partial charge >= 0.3 is 23.9 Å². The summed E-state index contributed by atoms with van der Waals surface area (Å²) in [6.07, 6.45) is 5.53. The van der Waals surface area contributed by atoms with Crippen LogP contribution in [-0.2, 0) is 23.9 Å². The molecule has 4 bridgehead atoms. The van der Waals surface area contributed by atoms with Gasteiger partial charge in [0.1, 0.15) is 0 Å². The number of fused-ring (bicyclic) bond motifs is 6. The Balaban J connectivity index is 0.000000126. The van der Waals surface area contributed by atoms with Crippen LogP contribution in [0.1, 0.15) is 38.5 Å². The number of rotatable bonds is 2. The van der Waals surface area contributed by atoms with Crippen molar-refractivity contribution >= 4 is 23.9 Å². The van der Waals surface area contributed by atoms with E-state index in [1.807, 2.05) is 0 Å². The molecule has 7 nitrogen and oxygen atoms in total. The van der Waals surface area contributed by atoms with Crippen molar-refractivity contribution in [2.24, 2.45) is 23.7 Å². The molecular weight excluding hydrogens is 328 g/mol. The van der Waals surface area contributed by atoms with Crippen LogP contribution in [0.4, 0.5) is 0 Å². The van der Waals surface area contributed by atoms with Crippen LogP contribution in [0.3, 0.4) is 0 Å². The summed E-state index contributed by atoms with van der Waals surface area (Å²) < 4.78 is 4.56. The molecular formula is C18H18O7. The van der Waals surface area contributed by atoms with E-state index in [1.54, 1.807) is 0 Å². The molecule has 1 aliphatic heterocycles. The van der Waals surface area contributed by atoms with E-state index in [0.717, 1.165) is 38.5 Å². The lowest BCUT2D eigenvalue weighted by Gasteiger charge is -2.12. The fraction of sp³-hybridized carbons (Fsp3) is 0.556. The van der Waals surface area contributed by atoms with Crippen molar-refractivity contribution in [2.45, 2.75) is 38.5 Å². The predicted molar refractivity (Wildman–Crippen MR) is 82.1 cm³/mol. The van der Waals surface area contributed by atoms with Crippen LogP contribution in [0, 0.1) is 23.7 Å². The van der Waals surface area contributed by atoms with Crippen molar-refractivity contribution in [1.82, 2.24) is 0 Å². The highest BCUT2D eigenvalue weighted by Gasteiger charge is 2.50. The van der Waals surface area contributed by atoms with Gasteiger partial charge in [-0.1, -0.05) is 0 Å². The zero-order valence-corrected chi connectivity index (χ0v) is 13.5. The second kappa shape index (κ2) is 5.54. The molecule has 0 radical (unpaired) electrons. The number of carboxylic acids is 2. The van der Waals surface area contributed by atoms with Crippen molar-refractivity contribution < 1.29 is 34.1 Å². The summed E-state index contributed by atoms with van der Waals surface area (Å²) in [6.45, 7) is 0. The van der Waals surface area contributed by atoms with Crippen LogP contribution in [-0.4, -0.2) is 34.1 Å². The molecule has 2 N–H and O–H groups in total. The molecule has 0 aromatic carbocycles. The summed E-state index contributed by atoms with van der Waals surface area (Å²) in [5.41, 5.74) is 1.72. The molecule has 0 saturated heterocycles. The first-order chi connectivity index (χ1) is 11.9. The van der Waals surface area contributed by atoms with Gasteiger partial charge in [-0.25, -0.2) is 19.2 Å². The Morgan fingerprint density at radius 3 is 1.48 bits per heavy atom. The van der Waals surface area contributed by atoms with E-state index in [4.69, 9.17) is 10.2 Å². The minimum absolute atomic E-state index is 0.00593. The number of carbonyl (C=O) groups is 4. The fourth-order valence-corrected chi connectivity index (χ4v) is 5.22. The van der Waals surface area contributed by atoms with Gasteiger partial charge in [-0.2, -0.15) is 0 Å². The zero-order chi connectivity index (χ0) is 17.9. The maximum absolute atomic E-state index is 11.2. The van der Waals surface area contributed by atoms with Gasteiger partial charge in [0.05, 0.1) is 22.3 Å². The Morgan fingerprint density at radius 1 is 0.720 bits per heavy atom. The molecule has 2 fully saturated rings. The highest BCUT2D eigenvalue weighted by Crippen LogP contribution is 2.51. The number of carboxylic acid groups (broad SMARTS) is 2. The van der Waals surface area contributed by atoms with Crippen LogP contribution in [0.2, 0.25) is 0 Å². The summed E-state index contributed by atoms with van der Waals surface area (Å²) in [4.78, 5) is 43.9. The fourth-order valence-electron chi connectivity index (χ4n) is 5.22. The second-order valence-electron chi connectivity index (χ2n) is 7.36. The number of esters is 2. The lowest BCUT2D eigenvalue weighted by Crippen LogP contribution is -2.17. The lowest BCUT2D eigenvalue weighted by atomic mass is 9.92. The van der Waals surface area contributed by atoms with Gasteiger partial charge in [-0.3, -0.25) is 0 Å². The third kappa shape index (κ3) is 2.33. The van der Waals surface area contributed by atoms with Crippen LogP contribution in [0.15, 0.2) is 22.3 Å². The first-order valence-corrected chi connectivity index (χ1v) is 8.59. The molecule has 4 aliphatic carbocycles. The standard InChI is InChI=1S/C9H10O4.C9H8O3/c10-8(11)6-4-1-2-5(3-4)7(6)9(12)13;10-8-6-4-1-2-5(3-4)7(6)9(11)12-8/h4-5H,1-3H2,(H,10,11)(H,12,13);4-5H,1-3H2. The van der Waals surface area contributed by atoms with E-state index in [2.05, 4.69) is 4.74 Å². The molecule has 1 heterocycles. The molecule has 25 heavy (non-hydrogen) atoms. The first-order valence-electron chi connectivity index (χ1n) is 8.59. The molecule has 0 amide bonds. The average molecular weight is 346 g/mol. The minimum atomic E-state index is -1.05. The predicted octanol–water partition coefficient (Wildman–Crippen LogP) is 1.68. The van der Waals surface area contributed by atoms with Crippen LogP contribution >= 0.6 is 0 Å². The Hall–Kier alpha value is -2.44. The van der Waals surface area contributed by atoms with Gasteiger partial charge < -0.3 is 14.9 Å². The zero-order valence-electron chi connectivity index (χ0n) is 13.5. The van der Waals surface area contributed by atoms with Crippen LogP contribution in [0.25, 0.3) is 0 Å². The highest BCUT2D eigenvalue weighted by molar-refractivity contribution is 6.13. The first kappa shape index (κ1) is 16.1. The Morgan fingerprint density at radius 2 is 1.08 bits per heavy atom. The third-order valence-electron chi connectivity index (χ3n) is 6.16. The van der Waals surface area contributed by atoms with Gasteiger partial charge in [0.15, 0.2) is 0 Å². The van der Waals surface area contributed by atoms with Gasteiger partial charge in [0.25, 0.3) is 0 Å². The molecule has 0 aromatic heterocycles. The maximum atomic E-state index is 11.2. The van der Waals surface area contributed by atoms with Gasteiger partial charge in [0, 0.05) is 0 Å². The average Bonchev–Trinajstić information content (AvgIpc) is 3.32. The molecule has 2 saturated carbocycles. The Labute approximate surface area is 143 Å². The van der Waals surface area contributed by atoms with Gasteiger partial charge in [-0.15, -0.1) is 0 Å². The number of aliphatic carboxylic acids is 2. The molecule has 0 aromatic rings. The largest absolute Gasteiger partial charge is 0.478 e. The van der Waals surface area contributed by atoms with E-state index in [-0.39, 0.29) is 34.9 Å². The molecule has 4 atom stereocenters. The number of hydrogen-bond acceptors (Lipinski definition) is 5. The van der Waals surface area contributed by atoms with Gasteiger partial charge in [0.2, 0.25) is 0 Å². The summed E-state index contributed by atoms with van der Waals surface area (Å²) in [7, 11) is 0. The van der Waals surface area contributed by atoms with Crippen LogP contribution < -0.4 is 0 Å². The van der Waals surface area contributed by atoms with Crippen molar-refractivity contribution in [3.63, 3.8) is 0 Å². The summed E-state index contributed by atoms with van der Waals surface area (Å²) >= 11 is 0. The second-order valence-corrected chi connectivity index (χ2v) is 7.36. The van der Waals surface area contributed by atoms with Gasteiger partial charge in [-0.05, 0) is 62.2 Å². The van der Waals surface area contributed by atoms with E-state index < -0.39 is 11.9 Å². The Kier molecular flexibility index (Phi) is 3.56. The van der Waals surface area contributed by atoms with Crippen molar-refractivity contribution in [2.75, 3.05) is 0 Å². The monoisotopic (exact) mass is 346 g/mol. The van der Waals surface area contributed by atoms with Crippen LogP contribution in [0.5, 0.6) is 0 Å². The highest BCUT2D eigenvalue weighted by atomic mass is 16.6. The smallest absolute Gasteiger partial charge is 0.342 e. The molecule has 132 valence electrons. The molecule has 7 heteroatoms. The van der Waals surface area contributed by atoms with E-state index >= 15 is 0 Å². The SMILES string of the molecule is O=C(O)C1=C(C(=O)O)C2CCC1C2.O=C1OC(=O)C2=C1C1CCC2C1. The number of ether oxygens (including phenoxy) is 1. The topological polar surface area (TPSA) is 118 Å². The molecule has 5 aliphatic rings. The summed E-state index contributed by atoms with van der Waals surface area (Å²) in [6, 6.07) is 0. The molecule has 0 spiro atoms.